The summed E-state index contributed by atoms with van der Waals surface area (Å²) in [6, 6.07) is 10.1. The molecule has 1 atom stereocenters. The number of ether oxygens (including phenoxy) is 1. The van der Waals surface area contributed by atoms with Crippen molar-refractivity contribution in [2.24, 2.45) is 0 Å². The normalized spacial score (nSPS) is 17.2. The number of nitrogens with zero attached hydrogens (tertiary/aromatic N) is 1. The molecule has 0 saturated carbocycles. The summed E-state index contributed by atoms with van der Waals surface area (Å²) >= 11 is 0. The maximum absolute atomic E-state index is 12.9. The molecule has 1 amide bonds. The van der Waals surface area contributed by atoms with E-state index in [1.165, 1.54) is 35.2 Å². The third-order valence-corrected chi connectivity index (χ3v) is 8.68. The maximum Gasteiger partial charge on any atom is 0.342 e. The predicted octanol–water partition coefficient (Wildman–Crippen LogP) is 2.26. The quantitative estimate of drug-likeness (QED) is 0.392. The van der Waals surface area contributed by atoms with Crippen molar-refractivity contribution in [3.8, 4) is 5.75 Å². The molecule has 1 saturated heterocycles. The molecule has 1 aliphatic rings. The average Bonchev–Trinajstić information content (AvgIpc) is 3.13. The summed E-state index contributed by atoms with van der Waals surface area (Å²) in [5.41, 5.74) is 1.06. The number of hydrogen-bond acceptors (Lipinski definition) is 8. The zero-order valence-corrected chi connectivity index (χ0v) is 20.8. The largest absolute Gasteiger partial charge is 0.452 e. The molecule has 184 valence electrons. The minimum Gasteiger partial charge on any atom is -0.452 e. The molecule has 9 nitrogen and oxygen atoms in total. The van der Waals surface area contributed by atoms with E-state index in [9.17, 15) is 26.4 Å². The van der Waals surface area contributed by atoms with Crippen LogP contribution in [-0.4, -0.2) is 64.3 Å². The summed E-state index contributed by atoms with van der Waals surface area (Å²) in [4.78, 5) is 26.7. The van der Waals surface area contributed by atoms with E-state index in [0.717, 1.165) is 5.56 Å². The van der Waals surface area contributed by atoms with Crippen LogP contribution in [0.2, 0.25) is 0 Å². The molecule has 11 heteroatoms. The summed E-state index contributed by atoms with van der Waals surface area (Å²) in [5.74, 6) is -1.79. The summed E-state index contributed by atoms with van der Waals surface area (Å²) in [5, 5.41) is 0. The highest BCUT2D eigenvalue weighted by atomic mass is 32.2. The van der Waals surface area contributed by atoms with E-state index < -0.39 is 44.5 Å². The summed E-state index contributed by atoms with van der Waals surface area (Å²) in [6.45, 7) is 4.76. The highest BCUT2D eigenvalue weighted by Crippen LogP contribution is 2.26. The van der Waals surface area contributed by atoms with E-state index in [0.29, 0.717) is 12.0 Å². The van der Waals surface area contributed by atoms with Crippen molar-refractivity contribution in [1.82, 2.24) is 4.90 Å². The molecule has 0 spiro atoms. The van der Waals surface area contributed by atoms with Crippen LogP contribution >= 0.6 is 0 Å². The van der Waals surface area contributed by atoms with Gasteiger partial charge < -0.3 is 13.8 Å². The lowest BCUT2D eigenvalue weighted by molar-refractivity contribution is -0.136. The molecule has 0 bridgehead atoms. The second-order valence-corrected chi connectivity index (χ2v) is 11.9. The van der Waals surface area contributed by atoms with Crippen LogP contribution in [0.3, 0.4) is 0 Å². The van der Waals surface area contributed by atoms with Gasteiger partial charge in [-0.1, -0.05) is 24.3 Å². The Hall–Kier alpha value is -2.92. The Morgan fingerprint density at radius 1 is 1.12 bits per heavy atom. The van der Waals surface area contributed by atoms with Crippen molar-refractivity contribution >= 4 is 31.8 Å². The van der Waals surface area contributed by atoms with Crippen LogP contribution in [0.1, 0.15) is 34.8 Å². The zero-order chi connectivity index (χ0) is 25.1. The Bertz CT molecular complexity index is 1300. The second-order valence-electron chi connectivity index (χ2n) is 8.12. The van der Waals surface area contributed by atoms with Crippen molar-refractivity contribution in [2.45, 2.75) is 38.1 Å². The Kier molecular flexibility index (Phi) is 7.67. The molecular weight excluding hydrogens is 482 g/mol. The van der Waals surface area contributed by atoms with Gasteiger partial charge in [0.15, 0.2) is 22.2 Å². The molecule has 0 unspecified atom stereocenters. The topological polar surface area (TPSA) is 124 Å². The molecular formula is C23H27NO8S2. The Morgan fingerprint density at radius 3 is 2.47 bits per heavy atom. The van der Waals surface area contributed by atoms with E-state index in [2.05, 4.69) is 0 Å². The van der Waals surface area contributed by atoms with Gasteiger partial charge in [-0.2, -0.15) is 8.42 Å². The van der Waals surface area contributed by atoms with Gasteiger partial charge in [0, 0.05) is 12.6 Å². The van der Waals surface area contributed by atoms with E-state index in [4.69, 9.17) is 8.92 Å². The van der Waals surface area contributed by atoms with E-state index in [-0.39, 0.29) is 34.3 Å². The van der Waals surface area contributed by atoms with Gasteiger partial charge in [-0.3, -0.25) is 4.79 Å². The lowest BCUT2D eigenvalue weighted by atomic mass is 10.2. The van der Waals surface area contributed by atoms with Gasteiger partial charge in [0.05, 0.1) is 11.5 Å². The fraction of sp³-hybridized carbons (Fsp3) is 0.391. The van der Waals surface area contributed by atoms with Crippen LogP contribution in [0.5, 0.6) is 5.75 Å². The molecule has 2 aromatic rings. The van der Waals surface area contributed by atoms with Crippen LogP contribution in [0, 0.1) is 13.8 Å². The van der Waals surface area contributed by atoms with Gasteiger partial charge in [-0.15, -0.1) is 0 Å². The van der Waals surface area contributed by atoms with Crippen LogP contribution < -0.4 is 4.18 Å². The lowest BCUT2D eigenvalue weighted by Crippen LogP contribution is -2.43. The monoisotopic (exact) mass is 509 g/mol. The Balaban J connectivity index is 1.73. The van der Waals surface area contributed by atoms with Crippen molar-refractivity contribution in [1.29, 1.82) is 0 Å². The SMILES string of the molecule is CCN(C(=O)COC(=O)c1ccccc1OS(=O)(=O)c1cc(C)ccc1C)[C@@H]1CCS(=O)(=O)C1. The van der Waals surface area contributed by atoms with E-state index in [1.807, 2.05) is 0 Å². The molecule has 2 aromatic carbocycles. The first-order valence-corrected chi connectivity index (χ1v) is 13.9. The van der Waals surface area contributed by atoms with Gasteiger partial charge in [-0.05, 0) is 56.5 Å². The summed E-state index contributed by atoms with van der Waals surface area (Å²) < 4.78 is 59.6. The van der Waals surface area contributed by atoms with Crippen molar-refractivity contribution in [2.75, 3.05) is 24.7 Å². The van der Waals surface area contributed by atoms with Gasteiger partial charge >= 0.3 is 16.1 Å². The van der Waals surface area contributed by atoms with Crippen molar-refractivity contribution in [3.63, 3.8) is 0 Å². The maximum atomic E-state index is 12.9. The van der Waals surface area contributed by atoms with Gasteiger partial charge in [0.1, 0.15) is 10.5 Å². The fourth-order valence-corrected chi connectivity index (χ4v) is 6.79. The van der Waals surface area contributed by atoms with Crippen LogP contribution in [0.25, 0.3) is 0 Å². The number of carbonyl (C=O) groups is 2. The lowest BCUT2D eigenvalue weighted by Gasteiger charge is -2.26. The van der Waals surface area contributed by atoms with Gasteiger partial charge in [-0.25, -0.2) is 13.2 Å². The number of esters is 1. The summed E-state index contributed by atoms with van der Waals surface area (Å²) in [6.07, 6.45) is 0.336. The number of aryl methyl sites for hydroxylation is 2. The van der Waals surface area contributed by atoms with E-state index in [1.54, 1.807) is 32.9 Å². The molecule has 0 N–H and O–H groups in total. The zero-order valence-electron chi connectivity index (χ0n) is 19.2. The molecule has 0 aliphatic carbocycles. The first-order valence-electron chi connectivity index (χ1n) is 10.7. The smallest absolute Gasteiger partial charge is 0.342 e. The molecule has 0 radical (unpaired) electrons. The van der Waals surface area contributed by atoms with Crippen molar-refractivity contribution in [3.05, 3.63) is 59.2 Å². The van der Waals surface area contributed by atoms with Crippen LogP contribution in [0.4, 0.5) is 0 Å². The minimum absolute atomic E-state index is 0.0147. The number of likely N-dealkylation sites (N-methyl/N-ethyl adjacent to an activating group) is 1. The molecule has 1 heterocycles. The van der Waals surface area contributed by atoms with Crippen LogP contribution in [0.15, 0.2) is 47.4 Å². The number of rotatable bonds is 8. The van der Waals surface area contributed by atoms with E-state index >= 15 is 0 Å². The van der Waals surface area contributed by atoms with Crippen molar-refractivity contribution < 1.29 is 35.3 Å². The highest BCUT2D eigenvalue weighted by molar-refractivity contribution is 7.91. The van der Waals surface area contributed by atoms with Gasteiger partial charge in [0.25, 0.3) is 5.91 Å². The average molecular weight is 510 g/mol. The Morgan fingerprint density at radius 2 is 1.82 bits per heavy atom. The first-order chi connectivity index (χ1) is 15.9. The molecule has 1 fully saturated rings. The van der Waals surface area contributed by atoms with Crippen LogP contribution in [-0.2, 0) is 29.5 Å². The fourth-order valence-electron chi connectivity index (χ4n) is 3.80. The Labute approximate surface area is 199 Å². The molecule has 0 aromatic heterocycles. The predicted molar refractivity (Wildman–Crippen MR) is 125 cm³/mol. The standard InChI is InChI=1S/C23H27NO8S2/c1-4-24(18-11-12-33(27,28)15-18)22(25)14-31-23(26)19-7-5-6-8-20(19)32-34(29,30)21-13-16(2)9-10-17(21)3/h5-10,13,18H,4,11-12,14-15H2,1-3H3/t18-/m1/s1. The summed E-state index contributed by atoms with van der Waals surface area (Å²) in [7, 11) is -7.42. The third-order valence-electron chi connectivity index (χ3n) is 5.56. The van der Waals surface area contributed by atoms with Gasteiger partial charge in [0.2, 0.25) is 0 Å². The number of benzene rings is 2. The molecule has 3 rings (SSSR count). The highest BCUT2D eigenvalue weighted by Gasteiger charge is 2.34. The second kappa shape index (κ2) is 10.1. The first kappa shape index (κ1) is 25.7. The molecule has 34 heavy (non-hydrogen) atoms. The number of para-hydroxylation sites is 1. The number of amides is 1. The number of sulfone groups is 1. The number of carbonyl (C=O) groups excluding carboxylic acids is 2. The minimum atomic E-state index is -4.23. The molecule has 1 aliphatic heterocycles. The number of hydrogen-bond donors (Lipinski definition) is 0. The third kappa shape index (κ3) is 5.95.